The second kappa shape index (κ2) is 10.3. The van der Waals surface area contributed by atoms with Gasteiger partial charge in [-0.25, -0.2) is 8.42 Å². The van der Waals surface area contributed by atoms with E-state index in [-0.39, 0.29) is 25.8 Å². The van der Waals surface area contributed by atoms with E-state index in [0.717, 1.165) is 0 Å². The minimum absolute atomic E-state index is 0.0578. The molecular weight excluding hydrogens is 514 g/mol. The number of nitrogens with zero attached hydrogens (tertiary/aromatic N) is 1. The molecule has 0 aromatic carbocycles. The zero-order valence-electron chi connectivity index (χ0n) is 23.1. The predicted octanol–water partition coefficient (Wildman–Crippen LogP) is 1.01. The number of sulfonamides is 1. The molecule has 3 N–H and O–H groups in total. The van der Waals surface area contributed by atoms with E-state index in [2.05, 4.69) is 16.6 Å². The van der Waals surface area contributed by atoms with Crippen molar-refractivity contribution in [2.45, 2.75) is 102 Å². The maximum absolute atomic E-state index is 13.7. The first-order valence-electron chi connectivity index (χ1n) is 13.0. The maximum atomic E-state index is 13.7. The predicted molar refractivity (Wildman–Crippen MR) is 139 cm³/mol. The second-order valence-corrected chi connectivity index (χ2v) is 14.7. The summed E-state index contributed by atoms with van der Waals surface area (Å²) < 4.78 is 32.2. The molecule has 2 aliphatic carbocycles. The van der Waals surface area contributed by atoms with Gasteiger partial charge in [-0.2, -0.15) is 0 Å². The van der Waals surface area contributed by atoms with Crippen LogP contribution < -0.4 is 10.0 Å². The number of nitrogens with one attached hydrogen (secondary N) is 2. The first kappa shape index (κ1) is 30.1. The zero-order valence-corrected chi connectivity index (χ0v) is 23.9. The molecular formula is C26H41N3O8S. The molecule has 0 radical (unpaired) electrons. The van der Waals surface area contributed by atoms with Gasteiger partial charge in [0.15, 0.2) is 0 Å². The average molecular weight is 556 g/mol. The summed E-state index contributed by atoms with van der Waals surface area (Å²) in [5.74, 6) is -3.86. The standard InChI is InChI=1S/C26H41N3O8S/c1-8-15-13-26(15,23(34)28-38(35,36)17-9-10-17)27-21(32)19-11-16(30)14-29(19)22(33)18(24(2,3)4)12-20(31)37-25(5,6)7/h8,15-19,30H,1,9-14H2,2-7H3,(H,27,32)(H,28,34). The van der Waals surface area contributed by atoms with Crippen molar-refractivity contribution in [2.24, 2.45) is 17.3 Å². The Morgan fingerprint density at radius 2 is 1.76 bits per heavy atom. The number of esters is 1. The minimum atomic E-state index is -3.83. The highest BCUT2D eigenvalue weighted by Crippen LogP contribution is 2.45. The number of hydrogen-bond acceptors (Lipinski definition) is 8. The molecule has 0 aromatic heterocycles. The summed E-state index contributed by atoms with van der Waals surface area (Å²) >= 11 is 0. The quantitative estimate of drug-likeness (QED) is 0.281. The van der Waals surface area contributed by atoms with Crippen molar-refractivity contribution in [3.05, 3.63) is 12.7 Å². The van der Waals surface area contributed by atoms with Gasteiger partial charge in [-0.3, -0.25) is 23.9 Å². The van der Waals surface area contributed by atoms with Gasteiger partial charge in [0, 0.05) is 18.9 Å². The molecule has 38 heavy (non-hydrogen) atoms. The number of carbonyl (C=O) groups excluding carboxylic acids is 4. The number of hydrogen-bond donors (Lipinski definition) is 3. The van der Waals surface area contributed by atoms with E-state index >= 15 is 0 Å². The van der Waals surface area contributed by atoms with Gasteiger partial charge in [-0.15, -0.1) is 6.58 Å². The fraction of sp³-hybridized carbons (Fsp3) is 0.769. The van der Waals surface area contributed by atoms with E-state index in [1.165, 1.54) is 11.0 Å². The normalized spacial score (nSPS) is 28.3. The lowest BCUT2D eigenvalue weighted by Crippen LogP contribution is -2.57. The first-order valence-corrected chi connectivity index (χ1v) is 14.6. The van der Waals surface area contributed by atoms with Gasteiger partial charge in [-0.05, 0) is 45.4 Å². The van der Waals surface area contributed by atoms with Gasteiger partial charge in [0.1, 0.15) is 17.2 Å². The van der Waals surface area contributed by atoms with Crippen molar-refractivity contribution in [1.82, 2.24) is 14.9 Å². The fourth-order valence-electron chi connectivity index (χ4n) is 4.84. The Morgan fingerprint density at radius 3 is 2.24 bits per heavy atom. The number of aliphatic hydroxyl groups is 1. The van der Waals surface area contributed by atoms with Crippen LogP contribution >= 0.6 is 0 Å². The van der Waals surface area contributed by atoms with E-state index in [4.69, 9.17) is 4.74 Å². The van der Waals surface area contributed by atoms with Crippen LogP contribution in [0.3, 0.4) is 0 Å². The summed E-state index contributed by atoms with van der Waals surface area (Å²) in [6.45, 7) is 14.2. The third kappa shape index (κ3) is 6.74. The third-order valence-corrected chi connectivity index (χ3v) is 9.07. The van der Waals surface area contributed by atoms with Crippen LogP contribution in [0, 0.1) is 17.3 Å². The molecule has 5 unspecified atom stereocenters. The van der Waals surface area contributed by atoms with Gasteiger partial charge in [0.25, 0.3) is 5.91 Å². The van der Waals surface area contributed by atoms with Gasteiger partial charge < -0.3 is 20.1 Å². The van der Waals surface area contributed by atoms with Gasteiger partial charge >= 0.3 is 5.97 Å². The number of β-amino-alcohol motifs (C(OH)–C–C–N with tert-alkyl or cyclic N) is 1. The van der Waals surface area contributed by atoms with E-state index < -0.39 is 79.5 Å². The van der Waals surface area contributed by atoms with Crippen LogP contribution in [0.2, 0.25) is 0 Å². The van der Waals surface area contributed by atoms with Crippen molar-refractivity contribution in [3.63, 3.8) is 0 Å². The highest BCUT2D eigenvalue weighted by Gasteiger charge is 2.62. The van der Waals surface area contributed by atoms with Gasteiger partial charge in [-0.1, -0.05) is 26.8 Å². The molecule has 12 heteroatoms. The maximum Gasteiger partial charge on any atom is 0.307 e. The summed E-state index contributed by atoms with van der Waals surface area (Å²) in [5, 5.41) is 12.4. The average Bonchev–Trinajstić information content (AvgIpc) is 3.66. The summed E-state index contributed by atoms with van der Waals surface area (Å²) in [4.78, 5) is 54.0. The molecule has 1 heterocycles. The third-order valence-electron chi connectivity index (χ3n) is 7.25. The van der Waals surface area contributed by atoms with E-state index in [1.54, 1.807) is 41.5 Å². The summed E-state index contributed by atoms with van der Waals surface area (Å²) in [6, 6.07) is -1.10. The number of ether oxygens (including phenoxy) is 1. The first-order chi connectivity index (χ1) is 17.3. The van der Waals surface area contributed by atoms with E-state index in [0.29, 0.717) is 12.8 Å². The van der Waals surface area contributed by atoms with Crippen molar-refractivity contribution in [2.75, 3.05) is 6.54 Å². The fourth-order valence-corrected chi connectivity index (χ4v) is 6.20. The molecule has 3 aliphatic rings. The van der Waals surface area contributed by atoms with Crippen molar-refractivity contribution in [1.29, 1.82) is 0 Å². The molecule has 214 valence electrons. The Kier molecular flexibility index (Phi) is 8.12. The lowest BCUT2D eigenvalue weighted by Gasteiger charge is -2.35. The highest BCUT2D eigenvalue weighted by atomic mass is 32.2. The molecule has 11 nitrogen and oxygen atoms in total. The summed E-state index contributed by atoms with van der Waals surface area (Å²) in [6.07, 6.45) is 1.35. The van der Waals surface area contributed by atoms with Crippen LogP contribution in [-0.2, 0) is 33.9 Å². The minimum Gasteiger partial charge on any atom is -0.460 e. The van der Waals surface area contributed by atoms with E-state index in [9.17, 15) is 32.7 Å². The van der Waals surface area contributed by atoms with Crippen LogP contribution in [0.4, 0.5) is 0 Å². The molecule has 0 spiro atoms. The SMILES string of the molecule is C=CC1CC1(NC(=O)C1CC(O)CN1C(=O)C(CC(=O)OC(C)(C)C)C(C)(C)C)C(=O)NS(=O)(=O)C1CC1. The molecule has 1 saturated heterocycles. The van der Waals surface area contributed by atoms with Crippen LogP contribution in [0.5, 0.6) is 0 Å². The van der Waals surface area contributed by atoms with Gasteiger partial charge in [0.05, 0.1) is 23.7 Å². The lowest BCUT2D eigenvalue weighted by molar-refractivity contribution is -0.161. The van der Waals surface area contributed by atoms with Crippen LogP contribution in [0.25, 0.3) is 0 Å². The Balaban J connectivity index is 1.79. The number of amides is 3. The number of likely N-dealkylation sites (tertiary alicyclic amines) is 1. The Bertz CT molecular complexity index is 1100. The smallest absolute Gasteiger partial charge is 0.307 e. The zero-order chi connectivity index (χ0) is 28.8. The molecule has 3 amide bonds. The molecule has 3 rings (SSSR count). The van der Waals surface area contributed by atoms with Crippen LogP contribution in [0.1, 0.15) is 73.6 Å². The Labute approximate surface area is 224 Å². The van der Waals surface area contributed by atoms with Crippen molar-refractivity contribution in [3.8, 4) is 0 Å². The number of rotatable bonds is 9. The van der Waals surface area contributed by atoms with Crippen molar-refractivity contribution >= 4 is 33.7 Å². The number of aliphatic hydroxyl groups excluding tert-OH is 1. The molecule has 3 fully saturated rings. The molecule has 1 aliphatic heterocycles. The lowest BCUT2D eigenvalue weighted by atomic mass is 9.77. The summed E-state index contributed by atoms with van der Waals surface area (Å²) in [5.41, 5.74) is -2.89. The van der Waals surface area contributed by atoms with Gasteiger partial charge in [0.2, 0.25) is 21.8 Å². The topological polar surface area (TPSA) is 159 Å². The van der Waals surface area contributed by atoms with E-state index in [1.807, 2.05) is 0 Å². The largest absolute Gasteiger partial charge is 0.460 e. The Morgan fingerprint density at radius 1 is 1.16 bits per heavy atom. The molecule has 0 bridgehead atoms. The monoisotopic (exact) mass is 555 g/mol. The van der Waals surface area contributed by atoms with Crippen LogP contribution in [0.15, 0.2) is 12.7 Å². The molecule has 0 aromatic rings. The highest BCUT2D eigenvalue weighted by molar-refractivity contribution is 7.91. The molecule has 5 atom stereocenters. The summed E-state index contributed by atoms with van der Waals surface area (Å²) in [7, 11) is -3.83. The van der Waals surface area contributed by atoms with Crippen molar-refractivity contribution < 1.29 is 37.4 Å². The second-order valence-electron chi connectivity index (χ2n) is 12.8. The van der Waals surface area contributed by atoms with Crippen LogP contribution in [-0.4, -0.2) is 77.2 Å². The number of carbonyl (C=O) groups is 4. The molecule has 2 saturated carbocycles. The Hall–Kier alpha value is -2.47.